The largest absolute Gasteiger partial charge is 0.453 e. The second-order valence-electron chi connectivity index (χ2n) is 9.43. The molecule has 2 aromatic rings. The highest BCUT2D eigenvalue weighted by atomic mass is 19.4. The van der Waals surface area contributed by atoms with Crippen molar-refractivity contribution >= 4 is 11.7 Å². The van der Waals surface area contributed by atoms with Gasteiger partial charge >= 0.3 is 12.3 Å². The van der Waals surface area contributed by atoms with Crippen molar-refractivity contribution in [1.82, 2.24) is 19.5 Å². The second kappa shape index (κ2) is 8.56. The van der Waals surface area contributed by atoms with Crippen LogP contribution in [-0.4, -0.2) is 52.0 Å². The molecule has 2 atom stereocenters. The van der Waals surface area contributed by atoms with Crippen molar-refractivity contribution in [2.45, 2.75) is 70.9 Å². The van der Waals surface area contributed by atoms with Crippen LogP contribution >= 0.6 is 0 Å². The van der Waals surface area contributed by atoms with Gasteiger partial charge < -0.3 is 9.64 Å². The van der Waals surface area contributed by atoms with Crippen molar-refractivity contribution < 1.29 is 22.7 Å². The predicted octanol–water partition coefficient (Wildman–Crippen LogP) is 5.37. The zero-order valence-electron chi connectivity index (χ0n) is 19.1. The molecule has 2 aromatic heterocycles. The molecule has 1 aliphatic heterocycles. The summed E-state index contributed by atoms with van der Waals surface area (Å²) in [7, 11) is 1.39. The summed E-state index contributed by atoms with van der Waals surface area (Å²) < 4.78 is 46.0. The van der Waals surface area contributed by atoms with Gasteiger partial charge in [-0.05, 0) is 57.4 Å². The number of methoxy groups -OCH3 is 1. The monoisotopic (exact) mass is 452 g/mol. The lowest BCUT2D eigenvalue weighted by atomic mass is 9.80. The van der Waals surface area contributed by atoms with Gasteiger partial charge in [0.25, 0.3) is 0 Å². The number of hydrogen-bond donors (Lipinski definition) is 0. The highest BCUT2D eigenvalue weighted by Crippen LogP contribution is 2.43. The molecule has 32 heavy (non-hydrogen) atoms. The van der Waals surface area contributed by atoms with Crippen LogP contribution in [0.3, 0.4) is 0 Å². The molecule has 0 unspecified atom stereocenters. The summed E-state index contributed by atoms with van der Waals surface area (Å²) in [5, 5.41) is 4.86. The molecule has 0 bridgehead atoms. The summed E-state index contributed by atoms with van der Waals surface area (Å²) in [6.45, 7) is 7.37. The number of rotatable bonds is 2. The van der Waals surface area contributed by atoms with Crippen molar-refractivity contribution in [2.24, 2.45) is 11.8 Å². The molecule has 6 nitrogen and oxygen atoms in total. The fourth-order valence-electron chi connectivity index (χ4n) is 5.32. The van der Waals surface area contributed by atoms with Gasteiger partial charge in [-0.15, -0.1) is 0 Å². The van der Waals surface area contributed by atoms with Gasteiger partial charge in [0.2, 0.25) is 0 Å². The van der Waals surface area contributed by atoms with Crippen molar-refractivity contribution in [3.8, 4) is 0 Å². The lowest BCUT2D eigenvalue weighted by molar-refractivity contribution is -0.182. The molecule has 1 saturated carbocycles. The third kappa shape index (κ3) is 4.18. The molecular formula is C23H31F3N4O2. The number of carbonyl (C=O) groups is 1. The molecule has 1 saturated heterocycles. The summed E-state index contributed by atoms with van der Waals surface area (Å²) >= 11 is 0. The number of fused-ring (bicyclic) bond motifs is 1. The molecular weight excluding hydrogens is 421 g/mol. The van der Waals surface area contributed by atoms with Gasteiger partial charge in [0.1, 0.15) is 0 Å². The van der Waals surface area contributed by atoms with E-state index < -0.39 is 12.1 Å². The van der Waals surface area contributed by atoms with E-state index in [1.807, 2.05) is 24.4 Å². The quantitative estimate of drug-likeness (QED) is 0.614. The molecule has 2 fully saturated rings. The van der Waals surface area contributed by atoms with Crippen molar-refractivity contribution in [3.05, 3.63) is 28.7 Å². The molecule has 0 N–H and O–H groups in total. The van der Waals surface area contributed by atoms with Crippen molar-refractivity contribution in [2.75, 3.05) is 20.2 Å². The molecule has 0 aromatic carbocycles. The van der Waals surface area contributed by atoms with E-state index in [-0.39, 0.29) is 30.8 Å². The zero-order chi connectivity index (χ0) is 23.2. The maximum absolute atomic E-state index is 13.1. The number of amides is 1. The number of likely N-dealkylation sites (tertiary alicyclic amines) is 1. The standard InChI is InChI=1S/C23H31F3N4O2/c1-13-9-10-29(22(31)32-4)12-18(13)21-14(2)15(3)27-20-11-19(28-30(20)21)16-5-7-17(8-6-16)23(24,25)26/h11,13,16-18H,5-10,12H2,1-4H3/t13-,16-,17-,18+/m1/s1. The molecule has 0 spiro atoms. The van der Waals surface area contributed by atoms with Gasteiger partial charge in [-0.25, -0.2) is 14.3 Å². The van der Waals surface area contributed by atoms with Gasteiger partial charge in [0.15, 0.2) is 5.65 Å². The molecule has 4 rings (SSSR count). The van der Waals surface area contributed by atoms with Crippen LogP contribution in [0.25, 0.3) is 5.65 Å². The first kappa shape index (κ1) is 22.9. The van der Waals surface area contributed by atoms with E-state index in [1.54, 1.807) is 4.90 Å². The number of halogens is 3. The summed E-state index contributed by atoms with van der Waals surface area (Å²) in [6, 6.07) is 1.93. The van der Waals surface area contributed by atoms with Crippen LogP contribution in [0, 0.1) is 25.7 Å². The average Bonchev–Trinajstić information content (AvgIpc) is 3.17. The first-order valence-electron chi connectivity index (χ1n) is 11.4. The molecule has 0 radical (unpaired) electrons. The van der Waals surface area contributed by atoms with Gasteiger partial charge in [-0.3, -0.25) is 0 Å². The minimum atomic E-state index is -4.12. The maximum atomic E-state index is 13.1. The Balaban J connectivity index is 1.67. The number of aromatic nitrogens is 3. The predicted molar refractivity (Wildman–Crippen MR) is 114 cm³/mol. The van der Waals surface area contributed by atoms with E-state index in [1.165, 1.54) is 7.11 Å². The molecule has 176 valence electrons. The van der Waals surface area contributed by atoms with Gasteiger partial charge in [-0.1, -0.05) is 6.92 Å². The van der Waals surface area contributed by atoms with E-state index in [9.17, 15) is 18.0 Å². The number of nitrogens with zero attached hydrogens (tertiary/aromatic N) is 4. The van der Waals surface area contributed by atoms with Crippen LogP contribution in [0.4, 0.5) is 18.0 Å². The van der Waals surface area contributed by atoms with E-state index in [0.717, 1.165) is 34.7 Å². The number of carbonyl (C=O) groups excluding carboxylic acids is 1. The Bertz CT molecular complexity index is 995. The second-order valence-corrected chi connectivity index (χ2v) is 9.43. The fourth-order valence-corrected chi connectivity index (χ4v) is 5.32. The SMILES string of the molecule is COC(=O)N1CC[C@@H](C)[C@@H](c2c(C)c(C)nc3cc([C@H]4CC[C@H](C(F)(F)F)CC4)nn23)C1. The Morgan fingerprint density at radius 1 is 1.16 bits per heavy atom. The van der Waals surface area contributed by atoms with Gasteiger partial charge in [0, 0.05) is 36.7 Å². The van der Waals surface area contributed by atoms with Crippen LogP contribution in [0.5, 0.6) is 0 Å². The number of ether oxygens (including phenoxy) is 1. The Kier molecular flexibility index (Phi) is 6.11. The lowest BCUT2D eigenvalue weighted by Gasteiger charge is -2.37. The number of aryl methyl sites for hydroxylation is 1. The van der Waals surface area contributed by atoms with Crippen LogP contribution < -0.4 is 0 Å². The van der Waals surface area contributed by atoms with Crippen molar-refractivity contribution in [3.63, 3.8) is 0 Å². The van der Waals surface area contributed by atoms with Gasteiger partial charge in [0.05, 0.1) is 24.4 Å². The number of alkyl halides is 3. The van der Waals surface area contributed by atoms with Crippen LogP contribution in [0.2, 0.25) is 0 Å². The minimum absolute atomic E-state index is 0.0131. The lowest BCUT2D eigenvalue weighted by Crippen LogP contribution is -2.42. The highest BCUT2D eigenvalue weighted by molar-refractivity contribution is 5.67. The smallest absolute Gasteiger partial charge is 0.409 e. The maximum Gasteiger partial charge on any atom is 0.409 e. The Labute approximate surface area is 186 Å². The zero-order valence-corrected chi connectivity index (χ0v) is 19.1. The third-order valence-electron chi connectivity index (χ3n) is 7.50. The summed E-state index contributed by atoms with van der Waals surface area (Å²) in [5.74, 6) is -0.782. The van der Waals surface area contributed by atoms with E-state index in [4.69, 9.17) is 14.8 Å². The number of piperidine rings is 1. The summed E-state index contributed by atoms with van der Waals surface area (Å²) in [5.41, 5.74) is 4.51. The molecule has 1 aliphatic carbocycles. The van der Waals surface area contributed by atoms with E-state index >= 15 is 0 Å². The first-order chi connectivity index (χ1) is 15.1. The van der Waals surface area contributed by atoms with Crippen LogP contribution in [0.15, 0.2) is 6.07 Å². The molecule has 3 heterocycles. The Morgan fingerprint density at radius 2 is 1.84 bits per heavy atom. The van der Waals surface area contributed by atoms with Crippen LogP contribution in [0.1, 0.15) is 73.5 Å². The van der Waals surface area contributed by atoms with Gasteiger partial charge in [-0.2, -0.15) is 18.3 Å². The number of hydrogen-bond acceptors (Lipinski definition) is 4. The fraction of sp³-hybridized carbons (Fsp3) is 0.696. The molecule has 1 amide bonds. The Hall–Kier alpha value is -2.32. The minimum Gasteiger partial charge on any atom is -0.453 e. The van der Waals surface area contributed by atoms with E-state index in [2.05, 4.69) is 6.92 Å². The molecule has 2 aliphatic rings. The Morgan fingerprint density at radius 3 is 2.47 bits per heavy atom. The average molecular weight is 453 g/mol. The first-order valence-corrected chi connectivity index (χ1v) is 11.4. The topological polar surface area (TPSA) is 59.7 Å². The highest BCUT2D eigenvalue weighted by Gasteiger charge is 2.42. The molecule has 9 heteroatoms. The summed E-state index contributed by atoms with van der Waals surface area (Å²) in [4.78, 5) is 18.6. The van der Waals surface area contributed by atoms with Crippen molar-refractivity contribution in [1.29, 1.82) is 0 Å². The van der Waals surface area contributed by atoms with E-state index in [0.29, 0.717) is 31.8 Å². The normalized spacial score (nSPS) is 27.0. The summed E-state index contributed by atoms with van der Waals surface area (Å²) in [6.07, 6.45) is -2.33. The van der Waals surface area contributed by atoms with Crippen LogP contribution in [-0.2, 0) is 4.74 Å². The third-order valence-corrected chi connectivity index (χ3v) is 7.50.